The summed E-state index contributed by atoms with van der Waals surface area (Å²) in [5, 5.41) is 3.48. The molecular formula is C29H59NO2. The van der Waals surface area contributed by atoms with Crippen molar-refractivity contribution in [3.8, 4) is 0 Å². The molecule has 0 heterocycles. The highest BCUT2D eigenvalue weighted by Gasteiger charge is 2.12. The zero-order valence-electron chi connectivity index (χ0n) is 22.5. The molecule has 0 fully saturated rings. The van der Waals surface area contributed by atoms with E-state index in [9.17, 15) is 4.79 Å². The van der Waals surface area contributed by atoms with Gasteiger partial charge in [0.15, 0.2) is 0 Å². The summed E-state index contributed by atoms with van der Waals surface area (Å²) in [5.41, 5.74) is 0. The van der Waals surface area contributed by atoms with E-state index >= 15 is 0 Å². The van der Waals surface area contributed by atoms with Crippen molar-refractivity contribution in [2.45, 2.75) is 162 Å². The second kappa shape index (κ2) is 25.1. The lowest BCUT2D eigenvalue weighted by Gasteiger charge is -2.17. The van der Waals surface area contributed by atoms with Gasteiger partial charge in [-0.15, -0.1) is 0 Å². The number of hydrogen-bond donors (Lipinski definition) is 1. The monoisotopic (exact) mass is 453 g/mol. The second-order valence-electron chi connectivity index (χ2n) is 10.3. The van der Waals surface area contributed by atoms with E-state index in [1.807, 2.05) is 0 Å². The number of ether oxygens (including phenoxy) is 1. The minimum atomic E-state index is 0.0336. The SMILES string of the molecule is CCCCCCCCC(CCCCCC)COC(=O)CCCCCCCCCNC(C)C. The number of esters is 1. The lowest BCUT2D eigenvalue weighted by molar-refractivity contribution is -0.145. The van der Waals surface area contributed by atoms with Crippen LogP contribution in [0.1, 0.15) is 156 Å². The number of hydrogen-bond acceptors (Lipinski definition) is 3. The number of unbranched alkanes of at least 4 members (excludes halogenated alkanes) is 14. The fraction of sp³-hybridized carbons (Fsp3) is 0.966. The molecule has 192 valence electrons. The van der Waals surface area contributed by atoms with Crippen LogP contribution in [-0.2, 0) is 9.53 Å². The van der Waals surface area contributed by atoms with E-state index in [4.69, 9.17) is 4.74 Å². The van der Waals surface area contributed by atoms with Crippen molar-refractivity contribution in [3.05, 3.63) is 0 Å². The molecule has 0 saturated heterocycles. The van der Waals surface area contributed by atoms with Gasteiger partial charge in [0.25, 0.3) is 0 Å². The van der Waals surface area contributed by atoms with Gasteiger partial charge in [0.05, 0.1) is 6.61 Å². The molecule has 1 unspecified atom stereocenters. The first-order valence-electron chi connectivity index (χ1n) is 14.5. The summed E-state index contributed by atoms with van der Waals surface area (Å²) in [6, 6.07) is 0.599. The molecule has 3 nitrogen and oxygen atoms in total. The van der Waals surface area contributed by atoms with Crippen LogP contribution in [0.5, 0.6) is 0 Å². The largest absolute Gasteiger partial charge is 0.465 e. The average Bonchev–Trinajstić information content (AvgIpc) is 2.77. The van der Waals surface area contributed by atoms with Gasteiger partial charge in [-0.3, -0.25) is 4.79 Å². The highest BCUT2D eigenvalue weighted by Crippen LogP contribution is 2.20. The highest BCUT2D eigenvalue weighted by molar-refractivity contribution is 5.69. The summed E-state index contributed by atoms with van der Waals surface area (Å²) < 4.78 is 5.70. The lowest BCUT2D eigenvalue weighted by atomic mass is 9.95. The summed E-state index contributed by atoms with van der Waals surface area (Å²) in [4.78, 5) is 12.2. The third-order valence-electron chi connectivity index (χ3n) is 6.52. The van der Waals surface area contributed by atoms with Crippen LogP contribution in [0.15, 0.2) is 0 Å². The maximum Gasteiger partial charge on any atom is 0.305 e. The Morgan fingerprint density at radius 3 is 1.69 bits per heavy atom. The second-order valence-corrected chi connectivity index (χ2v) is 10.3. The first-order chi connectivity index (χ1) is 15.6. The fourth-order valence-corrected chi connectivity index (χ4v) is 4.34. The first-order valence-corrected chi connectivity index (χ1v) is 14.5. The molecule has 0 radical (unpaired) electrons. The van der Waals surface area contributed by atoms with E-state index < -0.39 is 0 Å². The zero-order valence-corrected chi connectivity index (χ0v) is 22.5. The van der Waals surface area contributed by atoms with Crippen LogP contribution < -0.4 is 5.32 Å². The van der Waals surface area contributed by atoms with Gasteiger partial charge in [-0.2, -0.15) is 0 Å². The van der Waals surface area contributed by atoms with Crippen LogP contribution >= 0.6 is 0 Å². The summed E-state index contributed by atoms with van der Waals surface area (Å²) in [6.45, 7) is 10.7. The Labute approximate surface area is 202 Å². The van der Waals surface area contributed by atoms with Crippen LogP contribution in [-0.4, -0.2) is 25.2 Å². The van der Waals surface area contributed by atoms with E-state index in [2.05, 4.69) is 33.0 Å². The number of carbonyl (C=O) groups is 1. The standard InChI is InChI=1S/C29H59NO2/c1-5-7-9-11-15-19-23-28(22-18-10-8-6-2)26-32-29(31)24-20-16-13-12-14-17-21-25-30-27(3)4/h27-28,30H,5-26H2,1-4H3. The molecule has 0 saturated carbocycles. The summed E-state index contributed by atoms with van der Waals surface area (Å²) in [5.74, 6) is 0.610. The molecule has 0 aliphatic carbocycles. The molecule has 0 spiro atoms. The first kappa shape index (κ1) is 31.4. The molecule has 1 N–H and O–H groups in total. The van der Waals surface area contributed by atoms with Crippen LogP contribution in [0.4, 0.5) is 0 Å². The molecule has 0 amide bonds. The van der Waals surface area contributed by atoms with Crippen molar-refractivity contribution in [1.82, 2.24) is 5.32 Å². The van der Waals surface area contributed by atoms with Crippen molar-refractivity contribution < 1.29 is 9.53 Å². The molecule has 0 bridgehead atoms. The molecule has 0 aliphatic rings. The molecule has 0 aromatic heterocycles. The predicted molar refractivity (Wildman–Crippen MR) is 141 cm³/mol. The Bertz CT molecular complexity index is 383. The number of carbonyl (C=O) groups excluding carboxylic acids is 1. The normalized spacial score (nSPS) is 12.4. The molecule has 0 rings (SSSR count). The fourth-order valence-electron chi connectivity index (χ4n) is 4.34. The van der Waals surface area contributed by atoms with Crippen molar-refractivity contribution in [2.24, 2.45) is 5.92 Å². The molecule has 1 atom stereocenters. The Kier molecular flexibility index (Phi) is 24.6. The Hall–Kier alpha value is -0.570. The summed E-state index contributed by atoms with van der Waals surface area (Å²) in [7, 11) is 0. The lowest BCUT2D eigenvalue weighted by Crippen LogP contribution is -2.23. The van der Waals surface area contributed by atoms with Crippen LogP contribution in [0.25, 0.3) is 0 Å². The van der Waals surface area contributed by atoms with Gasteiger partial charge in [0.2, 0.25) is 0 Å². The molecule has 0 aromatic rings. The van der Waals surface area contributed by atoms with Gasteiger partial charge in [-0.1, -0.05) is 124 Å². The zero-order chi connectivity index (χ0) is 23.7. The average molecular weight is 454 g/mol. The van der Waals surface area contributed by atoms with Gasteiger partial charge >= 0.3 is 5.97 Å². The molecule has 3 heteroatoms. The van der Waals surface area contributed by atoms with Gasteiger partial charge in [0.1, 0.15) is 0 Å². The van der Waals surface area contributed by atoms with Crippen molar-refractivity contribution in [2.75, 3.05) is 13.2 Å². The smallest absolute Gasteiger partial charge is 0.305 e. The maximum atomic E-state index is 12.2. The van der Waals surface area contributed by atoms with E-state index in [-0.39, 0.29) is 5.97 Å². The van der Waals surface area contributed by atoms with E-state index in [0.29, 0.717) is 25.0 Å². The molecule has 0 aromatic carbocycles. The number of nitrogens with one attached hydrogen (secondary N) is 1. The quantitative estimate of drug-likeness (QED) is 0.111. The van der Waals surface area contributed by atoms with Crippen molar-refractivity contribution in [3.63, 3.8) is 0 Å². The predicted octanol–water partition coefficient (Wildman–Crippen LogP) is 8.99. The molecular weight excluding hydrogens is 394 g/mol. The third kappa shape index (κ3) is 24.1. The molecule has 32 heavy (non-hydrogen) atoms. The van der Waals surface area contributed by atoms with Crippen LogP contribution in [0.2, 0.25) is 0 Å². The maximum absolute atomic E-state index is 12.2. The Balaban J connectivity index is 3.79. The summed E-state index contributed by atoms with van der Waals surface area (Å²) in [6.07, 6.45) is 25.0. The van der Waals surface area contributed by atoms with Gasteiger partial charge in [0, 0.05) is 12.5 Å². The van der Waals surface area contributed by atoms with Gasteiger partial charge in [-0.25, -0.2) is 0 Å². The topological polar surface area (TPSA) is 38.3 Å². The molecule has 0 aliphatic heterocycles. The van der Waals surface area contributed by atoms with Crippen LogP contribution in [0.3, 0.4) is 0 Å². The van der Waals surface area contributed by atoms with Crippen molar-refractivity contribution >= 4 is 5.97 Å². The minimum absolute atomic E-state index is 0.0336. The third-order valence-corrected chi connectivity index (χ3v) is 6.52. The van der Waals surface area contributed by atoms with Crippen LogP contribution in [0, 0.1) is 5.92 Å². The van der Waals surface area contributed by atoms with Gasteiger partial charge < -0.3 is 10.1 Å². The van der Waals surface area contributed by atoms with E-state index in [1.165, 1.54) is 109 Å². The highest BCUT2D eigenvalue weighted by atomic mass is 16.5. The minimum Gasteiger partial charge on any atom is -0.465 e. The van der Waals surface area contributed by atoms with Crippen molar-refractivity contribution in [1.29, 1.82) is 0 Å². The number of rotatable bonds is 25. The van der Waals surface area contributed by atoms with E-state index in [1.54, 1.807) is 0 Å². The summed E-state index contributed by atoms with van der Waals surface area (Å²) >= 11 is 0. The van der Waals surface area contributed by atoms with E-state index in [0.717, 1.165) is 19.4 Å². The Morgan fingerprint density at radius 1 is 0.656 bits per heavy atom. The Morgan fingerprint density at radius 2 is 1.12 bits per heavy atom. The van der Waals surface area contributed by atoms with Gasteiger partial charge in [-0.05, 0) is 38.1 Å².